The minimum Gasteiger partial charge on any atom is -0.388 e. The third kappa shape index (κ3) is 3.14. The molecule has 0 fully saturated rings. The lowest BCUT2D eigenvalue weighted by Gasteiger charge is -2.13. The lowest BCUT2D eigenvalue weighted by Crippen LogP contribution is -2.04. The van der Waals surface area contributed by atoms with Crippen molar-refractivity contribution in [2.24, 2.45) is 0 Å². The molecule has 88 valence electrons. The molecule has 2 aromatic rings. The van der Waals surface area contributed by atoms with E-state index in [2.05, 4.69) is 20.9 Å². The fourth-order valence-corrected chi connectivity index (χ4v) is 2.34. The summed E-state index contributed by atoms with van der Waals surface area (Å²) in [6.07, 6.45) is 3.64. The van der Waals surface area contributed by atoms with Crippen molar-refractivity contribution in [1.29, 1.82) is 0 Å². The molecule has 2 nitrogen and oxygen atoms in total. The van der Waals surface area contributed by atoms with Gasteiger partial charge in [0.2, 0.25) is 0 Å². The molecule has 1 aromatic heterocycles. The lowest BCUT2D eigenvalue weighted by atomic mass is 9.99. The van der Waals surface area contributed by atoms with Gasteiger partial charge in [-0.3, -0.25) is 4.98 Å². The van der Waals surface area contributed by atoms with Gasteiger partial charge in [0.15, 0.2) is 0 Å². The van der Waals surface area contributed by atoms with Crippen LogP contribution in [-0.2, 0) is 6.42 Å². The van der Waals surface area contributed by atoms with Crippen molar-refractivity contribution < 1.29 is 5.11 Å². The summed E-state index contributed by atoms with van der Waals surface area (Å²) < 4.78 is 1.03. The van der Waals surface area contributed by atoms with Crippen LogP contribution in [0, 0.1) is 6.92 Å². The number of halogens is 1. The summed E-state index contributed by atoms with van der Waals surface area (Å²) in [5, 5.41) is 10.2. The Morgan fingerprint density at radius 2 is 2.18 bits per heavy atom. The summed E-state index contributed by atoms with van der Waals surface area (Å²) in [6.45, 7) is 2.01. The number of benzene rings is 1. The Labute approximate surface area is 109 Å². The number of rotatable bonds is 3. The van der Waals surface area contributed by atoms with Gasteiger partial charge in [-0.25, -0.2) is 0 Å². The van der Waals surface area contributed by atoms with E-state index in [9.17, 15) is 5.11 Å². The maximum atomic E-state index is 10.2. The fraction of sp³-hybridized carbons (Fsp3) is 0.214. The highest BCUT2D eigenvalue weighted by Gasteiger charge is 2.11. The van der Waals surface area contributed by atoms with E-state index in [1.54, 1.807) is 12.4 Å². The molecule has 1 heterocycles. The molecule has 0 aliphatic carbocycles. The quantitative estimate of drug-likeness (QED) is 0.940. The summed E-state index contributed by atoms with van der Waals surface area (Å²) >= 11 is 3.42. The van der Waals surface area contributed by atoms with Crippen LogP contribution in [-0.4, -0.2) is 10.1 Å². The predicted molar refractivity (Wildman–Crippen MR) is 71.8 cm³/mol. The second kappa shape index (κ2) is 5.43. The second-order valence-electron chi connectivity index (χ2n) is 4.08. The van der Waals surface area contributed by atoms with Crippen molar-refractivity contribution in [3.63, 3.8) is 0 Å². The molecule has 1 aromatic carbocycles. The smallest absolute Gasteiger partial charge is 0.0833 e. The van der Waals surface area contributed by atoms with Gasteiger partial charge in [-0.05, 0) is 41.8 Å². The third-order valence-electron chi connectivity index (χ3n) is 2.74. The highest BCUT2D eigenvalue weighted by molar-refractivity contribution is 9.10. The Kier molecular flexibility index (Phi) is 3.92. The van der Waals surface area contributed by atoms with E-state index in [0.29, 0.717) is 6.42 Å². The maximum Gasteiger partial charge on any atom is 0.0833 e. The molecule has 0 spiro atoms. The van der Waals surface area contributed by atoms with Gasteiger partial charge in [0.25, 0.3) is 0 Å². The Bertz CT molecular complexity index is 499. The van der Waals surface area contributed by atoms with Crippen LogP contribution in [0.4, 0.5) is 0 Å². The highest BCUT2D eigenvalue weighted by Crippen LogP contribution is 2.24. The Morgan fingerprint density at radius 1 is 1.35 bits per heavy atom. The van der Waals surface area contributed by atoms with Crippen LogP contribution >= 0.6 is 15.9 Å². The summed E-state index contributed by atoms with van der Waals surface area (Å²) in [5.41, 5.74) is 3.11. The number of hydrogen-bond donors (Lipinski definition) is 1. The summed E-state index contributed by atoms with van der Waals surface area (Å²) in [7, 11) is 0. The zero-order chi connectivity index (χ0) is 12.3. The molecule has 17 heavy (non-hydrogen) atoms. The third-order valence-corrected chi connectivity index (χ3v) is 3.24. The topological polar surface area (TPSA) is 33.1 Å². The van der Waals surface area contributed by atoms with Gasteiger partial charge in [0.05, 0.1) is 6.10 Å². The molecular formula is C14H14BrNO. The standard InChI is InChI=1S/C14H14BrNO/c1-10-7-12(15)4-5-13(10)14(17)8-11-3-2-6-16-9-11/h2-7,9,14,17H,8H2,1H3. The molecule has 2 rings (SSSR count). The molecule has 0 radical (unpaired) electrons. The zero-order valence-electron chi connectivity index (χ0n) is 9.60. The van der Waals surface area contributed by atoms with Crippen molar-refractivity contribution in [2.45, 2.75) is 19.4 Å². The first kappa shape index (κ1) is 12.3. The molecule has 0 bridgehead atoms. The zero-order valence-corrected chi connectivity index (χ0v) is 11.2. The summed E-state index contributed by atoms with van der Waals surface area (Å²) in [5.74, 6) is 0. The second-order valence-corrected chi connectivity index (χ2v) is 5.00. The molecule has 1 N–H and O–H groups in total. The van der Waals surface area contributed by atoms with Gasteiger partial charge in [-0.15, -0.1) is 0 Å². The van der Waals surface area contributed by atoms with Crippen LogP contribution in [0.25, 0.3) is 0 Å². The Morgan fingerprint density at radius 3 is 2.82 bits per heavy atom. The van der Waals surface area contributed by atoms with Crippen LogP contribution in [0.5, 0.6) is 0 Å². The average Bonchev–Trinajstić information content (AvgIpc) is 2.30. The van der Waals surface area contributed by atoms with Crippen LogP contribution in [0.3, 0.4) is 0 Å². The molecule has 0 saturated heterocycles. The maximum absolute atomic E-state index is 10.2. The van der Waals surface area contributed by atoms with Crippen LogP contribution < -0.4 is 0 Å². The van der Waals surface area contributed by atoms with Crippen molar-refractivity contribution in [3.05, 3.63) is 63.9 Å². The van der Waals surface area contributed by atoms with E-state index in [1.165, 1.54) is 0 Å². The van der Waals surface area contributed by atoms with Crippen molar-refractivity contribution in [2.75, 3.05) is 0 Å². The minimum absolute atomic E-state index is 0.479. The Balaban J connectivity index is 2.17. The monoisotopic (exact) mass is 291 g/mol. The normalized spacial score (nSPS) is 12.4. The van der Waals surface area contributed by atoms with Gasteiger partial charge >= 0.3 is 0 Å². The van der Waals surface area contributed by atoms with Gasteiger partial charge in [-0.2, -0.15) is 0 Å². The largest absolute Gasteiger partial charge is 0.388 e. The van der Waals surface area contributed by atoms with Gasteiger partial charge in [0.1, 0.15) is 0 Å². The SMILES string of the molecule is Cc1cc(Br)ccc1C(O)Cc1cccnc1. The van der Waals surface area contributed by atoms with Crippen molar-refractivity contribution in [3.8, 4) is 0 Å². The van der Waals surface area contributed by atoms with Crippen molar-refractivity contribution >= 4 is 15.9 Å². The number of nitrogens with zero attached hydrogens (tertiary/aromatic N) is 1. The number of aliphatic hydroxyl groups is 1. The Hall–Kier alpha value is -1.19. The van der Waals surface area contributed by atoms with Gasteiger partial charge in [0, 0.05) is 23.3 Å². The number of aromatic nitrogens is 1. The first-order valence-electron chi connectivity index (χ1n) is 5.50. The van der Waals surface area contributed by atoms with E-state index >= 15 is 0 Å². The van der Waals surface area contributed by atoms with E-state index in [-0.39, 0.29) is 0 Å². The van der Waals surface area contributed by atoms with Gasteiger partial charge < -0.3 is 5.11 Å². The molecule has 3 heteroatoms. The number of pyridine rings is 1. The van der Waals surface area contributed by atoms with E-state index in [4.69, 9.17) is 0 Å². The molecular weight excluding hydrogens is 278 g/mol. The van der Waals surface area contributed by atoms with Crippen molar-refractivity contribution in [1.82, 2.24) is 4.98 Å². The first-order chi connectivity index (χ1) is 8.16. The highest BCUT2D eigenvalue weighted by atomic mass is 79.9. The van der Waals surface area contributed by atoms with Crippen LogP contribution in [0.2, 0.25) is 0 Å². The lowest BCUT2D eigenvalue weighted by molar-refractivity contribution is 0.177. The molecule has 0 aliphatic rings. The fourth-order valence-electron chi connectivity index (χ4n) is 1.87. The molecule has 0 amide bonds. The van der Waals surface area contributed by atoms with E-state index < -0.39 is 6.10 Å². The molecule has 0 aliphatic heterocycles. The van der Waals surface area contributed by atoms with Crippen LogP contribution in [0.15, 0.2) is 47.2 Å². The predicted octanol–water partition coefficient (Wildman–Crippen LogP) is 3.43. The van der Waals surface area contributed by atoms with E-state index in [1.807, 2.05) is 37.3 Å². The summed E-state index contributed by atoms with van der Waals surface area (Å²) in [4.78, 5) is 4.05. The molecule has 0 saturated carbocycles. The molecule has 1 unspecified atom stereocenters. The van der Waals surface area contributed by atoms with E-state index in [0.717, 1.165) is 21.2 Å². The number of hydrogen-bond acceptors (Lipinski definition) is 2. The van der Waals surface area contributed by atoms with Gasteiger partial charge in [-0.1, -0.05) is 28.1 Å². The minimum atomic E-state index is -0.479. The summed E-state index contributed by atoms with van der Waals surface area (Å²) in [6, 6.07) is 9.79. The van der Waals surface area contributed by atoms with Crippen LogP contribution in [0.1, 0.15) is 22.8 Å². The number of aryl methyl sites for hydroxylation is 1. The average molecular weight is 292 g/mol. The number of aliphatic hydroxyl groups excluding tert-OH is 1. The molecule has 1 atom stereocenters. The first-order valence-corrected chi connectivity index (χ1v) is 6.29.